The predicted octanol–water partition coefficient (Wildman–Crippen LogP) is 4.31. The monoisotopic (exact) mass is 447 g/mol. The van der Waals surface area contributed by atoms with Gasteiger partial charge in [-0.3, -0.25) is 0 Å². The summed E-state index contributed by atoms with van der Waals surface area (Å²) in [6, 6.07) is 0. The van der Waals surface area contributed by atoms with Gasteiger partial charge in [0, 0.05) is 22.1 Å². The van der Waals surface area contributed by atoms with Crippen LogP contribution in [0.3, 0.4) is 0 Å². The first kappa shape index (κ1) is 20.7. The Morgan fingerprint density at radius 2 is 0.939 bits per heavy atom. The van der Waals surface area contributed by atoms with Crippen molar-refractivity contribution >= 4 is 51.4 Å². The minimum Gasteiger partial charge on any atom is -0.421 e. The Bertz CT molecular complexity index is 1520. The van der Waals surface area contributed by atoms with E-state index >= 15 is 0 Å². The second-order valence-corrected chi connectivity index (χ2v) is 11.0. The molecule has 4 aliphatic heterocycles. The highest BCUT2D eigenvalue weighted by Gasteiger charge is 2.26. The van der Waals surface area contributed by atoms with Crippen molar-refractivity contribution < 1.29 is 0 Å². The maximum absolute atomic E-state index is 5.09. The standard InChI is InChI=1S/C28H28N4.Al/c1-13-14(2)22-10-24-17(5)18(6)26(31-24)12-28-20(8)19(7)27(32-28)11-25-16(4)15(3)23(30-25)9-21(13)29-22;/h9-12H,1-8H3;/q-2;+2. The molecule has 0 saturated carbocycles. The van der Waals surface area contributed by atoms with E-state index in [1.165, 1.54) is 66.6 Å². The van der Waals surface area contributed by atoms with E-state index in [1.807, 2.05) is 0 Å². The molecule has 0 saturated heterocycles. The number of hydrogen-bond donors (Lipinski definition) is 0. The van der Waals surface area contributed by atoms with Crippen LogP contribution in [-0.2, 0) is 0 Å². The lowest BCUT2D eigenvalue weighted by Gasteiger charge is -2.14. The number of nitrogens with zero attached hydrogens (tertiary/aromatic N) is 4. The van der Waals surface area contributed by atoms with Gasteiger partial charge in [0.05, 0.1) is 22.8 Å². The van der Waals surface area contributed by atoms with Crippen LogP contribution in [0.15, 0.2) is 43.7 Å². The molecular weight excluding hydrogens is 419 g/mol. The van der Waals surface area contributed by atoms with Gasteiger partial charge in [-0.05, 0) is 124 Å². The Labute approximate surface area is 201 Å². The lowest BCUT2D eigenvalue weighted by Crippen LogP contribution is -2.38. The van der Waals surface area contributed by atoms with Crippen LogP contribution in [0.2, 0.25) is 0 Å². The van der Waals surface area contributed by atoms with Gasteiger partial charge in [0.2, 0.25) is 0 Å². The predicted molar refractivity (Wildman–Crippen MR) is 140 cm³/mol. The van der Waals surface area contributed by atoms with E-state index in [4.69, 9.17) is 9.98 Å². The Kier molecular flexibility index (Phi) is 4.28. The average molecular weight is 448 g/mol. The van der Waals surface area contributed by atoms with Crippen LogP contribution in [0.25, 0.3) is 24.3 Å². The third kappa shape index (κ3) is 2.70. The summed E-state index contributed by atoms with van der Waals surface area (Å²) in [4.78, 5) is 10.2. The summed E-state index contributed by atoms with van der Waals surface area (Å²) in [5, 5.41) is 2.54. The third-order valence-electron chi connectivity index (χ3n) is 8.17. The largest absolute Gasteiger partial charge is 0.563 e. The molecule has 0 unspecified atom stereocenters. The molecule has 0 N–H and O–H groups in total. The molecule has 2 aromatic rings. The number of fused-ring (bicyclic) bond motifs is 2. The van der Waals surface area contributed by atoms with E-state index in [0.29, 0.717) is 0 Å². The number of aromatic nitrogens is 2. The lowest BCUT2D eigenvalue weighted by atomic mass is 10.0. The van der Waals surface area contributed by atoms with Crippen molar-refractivity contribution in [3.05, 3.63) is 78.0 Å². The normalized spacial score (nSPS) is 18.3. The molecule has 0 atom stereocenters. The van der Waals surface area contributed by atoms with Gasteiger partial charge in [-0.25, -0.2) is 9.98 Å². The van der Waals surface area contributed by atoms with Gasteiger partial charge < -0.3 is 7.10 Å². The third-order valence-corrected chi connectivity index (χ3v) is 9.74. The van der Waals surface area contributed by atoms with E-state index in [9.17, 15) is 0 Å². The molecule has 0 spiro atoms. The lowest BCUT2D eigenvalue weighted by molar-refractivity contribution is 1.02. The molecule has 0 amide bonds. The zero-order valence-corrected chi connectivity index (χ0v) is 21.8. The average Bonchev–Trinajstić information content (AvgIpc) is 3.37. The first-order valence-corrected chi connectivity index (χ1v) is 12.6. The van der Waals surface area contributed by atoms with Gasteiger partial charge in [-0.2, -0.15) is 0 Å². The summed E-state index contributed by atoms with van der Waals surface area (Å²) in [5.41, 5.74) is 17.3. The summed E-state index contributed by atoms with van der Waals surface area (Å²) >= 11 is -0.244. The molecular formula is C28H28AlN4. The Morgan fingerprint density at radius 1 is 0.515 bits per heavy atom. The Hall–Kier alpha value is -2.87. The first-order valence-electron chi connectivity index (χ1n) is 11.6. The Morgan fingerprint density at radius 3 is 1.36 bits per heavy atom. The fraction of sp³-hybridized carbons (Fsp3) is 0.286. The molecule has 4 aliphatic rings. The van der Waals surface area contributed by atoms with Crippen molar-refractivity contribution in [1.82, 2.24) is 7.10 Å². The zero-order chi connectivity index (χ0) is 23.3. The van der Waals surface area contributed by atoms with Crippen molar-refractivity contribution in [3.8, 4) is 0 Å². The van der Waals surface area contributed by atoms with Crippen molar-refractivity contribution in [2.45, 2.75) is 55.4 Å². The van der Waals surface area contributed by atoms with E-state index < -0.39 is 0 Å². The minimum atomic E-state index is -0.244. The summed E-state index contributed by atoms with van der Waals surface area (Å²) in [5.74, 6) is 0. The highest BCUT2D eigenvalue weighted by atomic mass is 27.1. The first-order chi connectivity index (χ1) is 15.7. The molecule has 1 radical (unpaired) electrons. The van der Waals surface area contributed by atoms with Gasteiger partial charge in [-0.1, -0.05) is 0 Å². The van der Waals surface area contributed by atoms with Gasteiger partial charge in [0.1, 0.15) is 0 Å². The molecule has 6 bridgehead atoms. The van der Waals surface area contributed by atoms with E-state index in [2.05, 4.69) is 86.8 Å². The number of rotatable bonds is 0. The molecule has 6 rings (SSSR count). The number of hydrogen-bond acceptors (Lipinski definition) is 2. The summed E-state index contributed by atoms with van der Waals surface area (Å²) < 4.78 is 5.09. The van der Waals surface area contributed by atoms with Crippen molar-refractivity contribution in [2.24, 2.45) is 9.98 Å². The summed E-state index contributed by atoms with van der Waals surface area (Å²) in [6.45, 7) is 17.8. The van der Waals surface area contributed by atoms with Crippen LogP contribution in [0, 0.1) is 27.7 Å². The molecule has 5 heteroatoms. The highest BCUT2D eigenvalue weighted by Crippen LogP contribution is 2.34. The smallest absolute Gasteiger partial charge is 0.421 e. The number of aliphatic imine (C=N–C) groups is 2. The van der Waals surface area contributed by atoms with Crippen LogP contribution >= 0.6 is 0 Å². The zero-order valence-electron chi connectivity index (χ0n) is 20.7. The van der Waals surface area contributed by atoms with Crippen LogP contribution in [0.4, 0.5) is 0 Å². The fourth-order valence-electron chi connectivity index (χ4n) is 5.27. The van der Waals surface area contributed by atoms with Crippen LogP contribution in [-0.4, -0.2) is 34.2 Å². The molecule has 2 aromatic heterocycles. The van der Waals surface area contributed by atoms with E-state index in [0.717, 1.165) is 22.8 Å². The summed E-state index contributed by atoms with van der Waals surface area (Å²) in [7, 11) is 0. The quantitative estimate of drug-likeness (QED) is 0.540. The van der Waals surface area contributed by atoms with Gasteiger partial charge in [0.15, 0.2) is 0 Å². The van der Waals surface area contributed by atoms with Crippen LogP contribution < -0.4 is 10.7 Å². The van der Waals surface area contributed by atoms with Gasteiger partial charge in [0.25, 0.3) is 0 Å². The second kappa shape index (κ2) is 6.82. The molecule has 0 aromatic carbocycles. The van der Waals surface area contributed by atoms with E-state index in [-0.39, 0.29) is 15.7 Å². The van der Waals surface area contributed by atoms with E-state index in [1.54, 1.807) is 0 Å². The molecule has 163 valence electrons. The summed E-state index contributed by atoms with van der Waals surface area (Å²) in [6.07, 6.45) is 9.21. The van der Waals surface area contributed by atoms with Crippen LogP contribution in [0.5, 0.6) is 0 Å². The Balaban J connectivity index is 1.87. The van der Waals surface area contributed by atoms with Crippen molar-refractivity contribution in [2.75, 3.05) is 0 Å². The SMILES string of the molecule is CC1=C(C)C2=NC1=Cc1c(C)c(C)c3[n]1[Al][n]1c(c(C)c(C)c1=CC1=NC(=C3)C(C)=C1C)=C2. The maximum Gasteiger partial charge on any atom is 0.563 e. The van der Waals surface area contributed by atoms with Crippen molar-refractivity contribution in [1.29, 1.82) is 0 Å². The van der Waals surface area contributed by atoms with Gasteiger partial charge in [-0.15, -0.1) is 0 Å². The molecule has 33 heavy (non-hydrogen) atoms. The number of allylic oxidation sites excluding steroid dienone is 4. The fourth-order valence-corrected chi connectivity index (χ4v) is 7.07. The molecule has 6 heterocycles. The molecule has 0 aliphatic carbocycles. The molecule has 4 nitrogen and oxygen atoms in total. The minimum absolute atomic E-state index is 0.244. The maximum atomic E-state index is 5.09. The topological polar surface area (TPSA) is 34.6 Å². The van der Waals surface area contributed by atoms with Crippen molar-refractivity contribution in [3.63, 3.8) is 0 Å². The molecule has 0 fully saturated rings. The second-order valence-electron chi connectivity index (χ2n) is 9.74. The van der Waals surface area contributed by atoms with Crippen LogP contribution in [0.1, 0.15) is 61.3 Å². The highest BCUT2D eigenvalue weighted by molar-refractivity contribution is 6.35. The van der Waals surface area contributed by atoms with Gasteiger partial charge >= 0.3 is 15.7 Å².